The molecule has 0 N–H and O–H groups in total. The second kappa shape index (κ2) is 7.62. The summed E-state index contributed by atoms with van der Waals surface area (Å²) in [4.78, 5) is 15.6. The van der Waals surface area contributed by atoms with E-state index in [0.29, 0.717) is 18.6 Å². The Morgan fingerprint density at radius 1 is 1.26 bits per heavy atom. The normalized spacial score (nSPS) is 20.2. The van der Waals surface area contributed by atoms with Gasteiger partial charge in [-0.15, -0.1) is 0 Å². The lowest BCUT2D eigenvalue weighted by Gasteiger charge is -2.26. The zero-order valence-electron chi connectivity index (χ0n) is 13.2. The number of carbonyl (C=O) groups excluding carboxylic acids is 1. The molecule has 1 aliphatic carbocycles. The van der Waals surface area contributed by atoms with Crippen molar-refractivity contribution in [1.29, 1.82) is 5.26 Å². The highest BCUT2D eigenvalue weighted by Gasteiger charge is 2.28. The molecule has 0 bridgehead atoms. The minimum atomic E-state index is -0.362. The van der Waals surface area contributed by atoms with Crippen LogP contribution >= 0.6 is 0 Å². The van der Waals surface area contributed by atoms with Crippen LogP contribution in [0.15, 0.2) is 12.1 Å². The number of hydrogen-bond donors (Lipinski definition) is 0. The summed E-state index contributed by atoms with van der Waals surface area (Å²) in [6.07, 6.45) is 3.23. The Morgan fingerprint density at radius 3 is 2.43 bits per heavy atom. The van der Waals surface area contributed by atoms with E-state index < -0.39 is 0 Å². The van der Waals surface area contributed by atoms with Crippen molar-refractivity contribution in [3.63, 3.8) is 0 Å². The number of carbonyl (C=O) groups is 1. The zero-order chi connectivity index (χ0) is 16.8. The van der Waals surface area contributed by atoms with Gasteiger partial charge in [0, 0.05) is 7.11 Å². The molecule has 1 aliphatic rings. The van der Waals surface area contributed by atoms with Gasteiger partial charge < -0.3 is 14.2 Å². The van der Waals surface area contributed by atoms with Crippen molar-refractivity contribution in [2.75, 3.05) is 14.2 Å². The van der Waals surface area contributed by atoms with Crippen LogP contribution in [-0.4, -0.2) is 26.3 Å². The molecule has 0 aromatic heterocycles. The second-order valence-electron chi connectivity index (χ2n) is 5.34. The molecule has 0 atom stereocenters. The van der Waals surface area contributed by atoms with Gasteiger partial charge in [0.25, 0.3) is 0 Å². The predicted molar refractivity (Wildman–Crippen MR) is 82.4 cm³/mol. The molecular weight excluding hydrogens is 296 g/mol. The van der Waals surface area contributed by atoms with Crippen molar-refractivity contribution < 1.29 is 19.0 Å². The molecule has 0 saturated heterocycles. The van der Waals surface area contributed by atoms with Crippen LogP contribution < -0.4 is 9.47 Å². The number of hydrogen-bond acceptors (Lipinski definition) is 5. The van der Waals surface area contributed by atoms with E-state index in [0.717, 1.165) is 12.8 Å². The first kappa shape index (κ1) is 16.8. The molecule has 1 fully saturated rings. The van der Waals surface area contributed by atoms with E-state index in [1.54, 1.807) is 7.11 Å². The summed E-state index contributed by atoms with van der Waals surface area (Å²) < 4.78 is 15.7. The molecular formula is C17H18N2O4. The lowest BCUT2D eigenvalue weighted by molar-refractivity contribution is -0.140. The van der Waals surface area contributed by atoms with Crippen LogP contribution in [0.1, 0.15) is 31.2 Å². The molecule has 1 saturated carbocycles. The number of rotatable bonds is 4. The molecule has 1 aromatic rings. The fourth-order valence-electron chi connectivity index (χ4n) is 2.75. The van der Waals surface area contributed by atoms with E-state index in [-0.39, 0.29) is 35.0 Å². The van der Waals surface area contributed by atoms with E-state index in [4.69, 9.17) is 20.8 Å². The van der Waals surface area contributed by atoms with E-state index in [1.165, 1.54) is 19.2 Å². The smallest absolute Gasteiger partial charge is 0.313 e. The number of nitriles is 1. The predicted octanol–water partition coefficient (Wildman–Crippen LogP) is 3.23. The van der Waals surface area contributed by atoms with Crippen LogP contribution in [0.2, 0.25) is 0 Å². The van der Waals surface area contributed by atoms with Crippen molar-refractivity contribution in [3.8, 4) is 17.6 Å². The average Bonchev–Trinajstić information content (AvgIpc) is 2.61. The maximum absolute atomic E-state index is 12.3. The van der Waals surface area contributed by atoms with Crippen molar-refractivity contribution in [3.05, 3.63) is 29.1 Å². The van der Waals surface area contributed by atoms with Gasteiger partial charge in [-0.2, -0.15) is 5.26 Å². The van der Waals surface area contributed by atoms with Gasteiger partial charge in [0.05, 0.1) is 31.8 Å². The summed E-state index contributed by atoms with van der Waals surface area (Å²) in [6.45, 7) is 7.25. The first-order valence-corrected chi connectivity index (χ1v) is 7.37. The highest BCUT2D eigenvalue weighted by Crippen LogP contribution is 2.38. The maximum atomic E-state index is 12.3. The zero-order valence-corrected chi connectivity index (χ0v) is 13.2. The van der Waals surface area contributed by atoms with Crippen LogP contribution in [0.25, 0.3) is 4.85 Å². The maximum Gasteiger partial charge on any atom is 0.313 e. The van der Waals surface area contributed by atoms with Gasteiger partial charge in [0.2, 0.25) is 5.69 Å². The molecule has 0 aliphatic heterocycles. The molecule has 0 radical (unpaired) electrons. The summed E-state index contributed by atoms with van der Waals surface area (Å²) in [5, 5.41) is 9.20. The van der Waals surface area contributed by atoms with Crippen molar-refractivity contribution in [2.24, 2.45) is 5.92 Å². The van der Waals surface area contributed by atoms with Crippen molar-refractivity contribution in [2.45, 2.75) is 31.8 Å². The molecule has 23 heavy (non-hydrogen) atoms. The van der Waals surface area contributed by atoms with E-state index >= 15 is 0 Å². The third-order valence-corrected chi connectivity index (χ3v) is 4.10. The quantitative estimate of drug-likeness (QED) is 0.484. The molecule has 0 amide bonds. The summed E-state index contributed by atoms with van der Waals surface area (Å²) in [6, 6.07) is 4.94. The van der Waals surface area contributed by atoms with Crippen LogP contribution in [0.3, 0.4) is 0 Å². The Hall–Kier alpha value is -2.57. The topological polar surface area (TPSA) is 72.9 Å². The van der Waals surface area contributed by atoms with Gasteiger partial charge in [0.15, 0.2) is 0 Å². The molecule has 6 heteroatoms. The van der Waals surface area contributed by atoms with E-state index in [2.05, 4.69) is 4.85 Å². The number of nitrogens with zero attached hydrogens (tertiary/aromatic N) is 2. The lowest BCUT2D eigenvalue weighted by atomic mass is 9.87. The van der Waals surface area contributed by atoms with Gasteiger partial charge in [-0.05, 0) is 37.8 Å². The third-order valence-electron chi connectivity index (χ3n) is 4.10. The summed E-state index contributed by atoms with van der Waals surface area (Å²) in [7, 11) is 3.09. The van der Waals surface area contributed by atoms with Gasteiger partial charge in [-0.3, -0.25) is 4.79 Å². The molecule has 120 valence electrons. The van der Waals surface area contributed by atoms with E-state index in [1.807, 2.05) is 6.07 Å². The summed E-state index contributed by atoms with van der Waals surface area (Å²) >= 11 is 0. The van der Waals surface area contributed by atoms with E-state index in [9.17, 15) is 10.1 Å². The SMILES string of the molecule is [C-]#[N+]c1c(OC(=O)C2CCC(OC)CC2)ccc(OC)c1C#N. The highest BCUT2D eigenvalue weighted by molar-refractivity contribution is 5.80. The highest BCUT2D eigenvalue weighted by atomic mass is 16.5. The Bertz CT molecular complexity index is 664. The third kappa shape index (κ3) is 3.61. The van der Waals surface area contributed by atoms with Gasteiger partial charge in [-0.1, -0.05) is 0 Å². The first-order valence-electron chi connectivity index (χ1n) is 7.37. The summed E-state index contributed by atoms with van der Waals surface area (Å²) in [5.41, 5.74) is 0.0849. The Balaban J connectivity index is 2.16. The molecule has 0 spiro atoms. The molecule has 1 aromatic carbocycles. The Kier molecular flexibility index (Phi) is 5.56. The van der Waals surface area contributed by atoms with Gasteiger partial charge in [-0.25, -0.2) is 4.85 Å². The minimum absolute atomic E-state index is 0.00535. The Labute approximate surface area is 135 Å². The van der Waals surface area contributed by atoms with Crippen molar-refractivity contribution in [1.82, 2.24) is 0 Å². The molecule has 0 unspecified atom stereocenters. The fraction of sp³-hybridized carbons (Fsp3) is 0.471. The Morgan fingerprint density at radius 2 is 1.91 bits per heavy atom. The minimum Gasteiger partial charge on any atom is -0.497 e. The van der Waals surface area contributed by atoms with Crippen LogP contribution in [0.4, 0.5) is 5.69 Å². The van der Waals surface area contributed by atoms with Gasteiger partial charge in [0.1, 0.15) is 17.1 Å². The molecule has 6 nitrogen and oxygen atoms in total. The van der Waals surface area contributed by atoms with Crippen LogP contribution in [-0.2, 0) is 9.53 Å². The first-order chi connectivity index (χ1) is 11.1. The van der Waals surface area contributed by atoms with Crippen molar-refractivity contribution >= 4 is 11.7 Å². The fourth-order valence-corrected chi connectivity index (χ4v) is 2.75. The lowest BCUT2D eigenvalue weighted by Crippen LogP contribution is -2.28. The molecule has 2 rings (SSSR count). The monoisotopic (exact) mass is 314 g/mol. The number of methoxy groups -OCH3 is 2. The number of esters is 1. The largest absolute Gasteiger partial charge is 0.497 e. The number of benzene rings is 1. The second-order valence-corrected chi connectivity index (χ2v) is 5.34. The van der Waals surface area contributed by atoms with Crippen LogP contribution in [0, 0.1) is 23.8 Å². The van der Waals surface area contributed by atoms with Gasteiger partial charge >= 0.3 is 5.97 Å². The number of ether oxygens (including phenoxy) is 3. The average molecular weight is 314 g/mol. The van der Waals surface area contributed by atoms with Crippen LogP contribution in [0.5, 0.6) is 11.5 Å². The standard InChI is InChI=1S/C17H18N2O4/c1-19-16-13(10-18)14(22-3)8-9-15(16)23-17(20)11-4-6-12(21-2)7-5-11/h8-9,11-12H,4-7H2,2-3H3. The summed E-state index contributed by atoms with van der Waals surface area (Å²) in [5.74, 6) is -0.166. The molecule has 0 heterocycles.